The van der Waals surface area contributed by atoms with Crippen molar-refractivity contribution in [3.8, 4) is 11.1 Å². The topological polar surface area (TPSA) is 9.23 Å². The highest BCUT2D eigenvalue weighted by atomic mass is 19.2. The molecule has 0 aliphatic carbocycles. The van der Waals surface area contributed by atoms with Gasteiger partial charge in [-0.25, -0.2) is 13.2 Å². The minimum atomic E-state index is -0.921. The first kappa shape index (κ1) is 20.9. The fraction of sp³-hybridized carbons (Fsp3) is 0.500. The van der Waals surface area contributed by atoms with Crippen molar-refractivity contribution in [1.82, 2.24) is 0 Å². The molecule has 0 aromatic heterocycles. The van der Waals surface area contributed by atoms with Crippen molar-refractivity contribution >= 4 is 0 Å². The summed E-state index contributed by atoms with van der Waals surface area (Å²) in [5.41, 5.74) is 1.25. The Morgan fingerprint density at radius 1 is 0.964 bits per heavy atom. The Morgan fingerprint density at radius 2 is 1.79 bits per heavy atom. The number of unbranched alkanes of at least 4 members (excludes halogenated alkanes) is 2. The van der Waals surface area contributed by atoms with Crippen LogP contribution in [0.4, 0.5) is 13.2 Å². The molecule has 152 valence electrons. The predicted octanol–water partition coefficient (Wildman–Crippen LogP) is 7.38. The fourth-order valence-electron chi connectivity index (χ4n) is 4.00. The first-order valence-corrected chi connectivity index (χ1v) is 10.4. The first-order valence-electron chi connectivity index (χ1n) is 10.4. The second-order valence-electron chi connectivity index (χ2n) is 7.75. The maximum Gasteiger partial charge on any atom is 0.166 e. The molecule has 1 heterocycles. The lowest BCUT2D eigenvalue weighted by Crippen LogP contribution is -2.21. The Morgan fingerprint density at radius 3 is 2.43 bits per heavy atom. The van der Waals surface area contributed by atoms with Gasteiger partial charge in [0.25, 0.3) is 0 Å². The van der Waals surface area contributed by atoms with Crippen molar-refractivity contribution in [3.05, 3.63) is 58.9 Å². The number of ether oxygens (including phenoxy) is 1. The van der Waals surface area contributed by atoms with E-state index in [2.05, 4.69) is 6.92 Å². The quantitative estimate of drug-likeness (QED) is 0.448. The van der Waals surface area contributed by atoms with Gasteiger partial charge in [0.2, 0.25) is 0 Å². The number of hydrogen-bond donors (Lipinski definition) is 0. The lowest BCUT2D eigenvalue weighted by Gasteiger charge is -2.29. The van der Waals surface area contributed by atoms with Crippen LogP contribution in [0.15, 0.2) is 30.3 Å². The standard InChI is InChI=1S/C24H29F3O/c1-3-5-6-7-16-8-13-22(28-15-16)20-12-10-18(14-21(20)25)19-11-9-17(4-2)23(26)24(19)27/h9-12,14,16,22H,3-8,13,15H2,1-2H3. The van der Waals surface area contributed by atoms with Crippen LogP contribution < -0.4 is 0 Å². The molecular weight excluding hydrogens is 361 g/mol. The molecule has 1 nitrogen and oxygen atoms in total. The summed E-state index contributed by atoms with van der Waals surface area (Å²) in [6.07, 6.45) is 6.81. The molecule has 0 radical (unpaired) electrons. The van der Waals surface area contributed by atoms with Crippen LogP contribution in [0, 0.1) is 23.4 Å². The monoisotopic (exact) mass is 390 g/mol. The van der Waals surface area contributed by atoms with Crippen molar-refractivity contribution in [2.24, 2.45) is 5.92 Å². The molecule has 0 spiro atoms. The van der Waals surface area contributed by atoms with Gasteiger partial charge in [0.05, 0.1) is 12.7 Å². The van der Waals surface area contributed by atoms with Crippen molar-refractivity contribution in [1.29, 1.82) is 0 Å². The second kappa shape index (κ2) is 9.60. The first-order chi connectivity index (χ1) is 13.5. The summed E-state index contributed by atoms with van der Waals surface area (Å²) >= 11 is 0. The van der Waals surface area contributed by atoms with E-state index in [1.54, 1.807) is 25.1 Å². The van der Waals surface area contributed by atoms with E-state index in [1.807, 2.05) is 0 Å². The van der Waals surface area contributed by atoms with Crippen LogP contribution in [-0.4, -0.2) is 6.61 Å². The second-order valence-corrected chi connectivity index (χ2v) is 7.75. The Balaban J connectivity index is 1.71. The molecule has 3 rings (SSSR count). The molecule has 4 heteroatoms. The van der Waals surface area contributed by atoms with E-state index in [1.165, 1.54) is 37.8 Å². The van der Waals surface area contributed by atoms with Crippen LogP contribution in [0.1, 0.15) is 69.6 Å². The third-order valence-corrected chi connectivity index (χ3v) is 5.79. The molecule has 0 saturated carbocycles. The highest BCUT2D eigenvalue weighted by Crippen LogP contribution is 2.36. The highest BCUT2D eigenvalue weighted by Gasteiger charge is 2.25. The molecule has 28 heavy (non-hydrogen) atoms. The normalized spacial score (nSPS) is 19.8. The molecule has 2 aromatic rings. The van der Waals surface area contributed by atoms with Crippen molar-refractivity contribution < 1.29 is 17.9 Å². The Labute approximate surface area is 165 Å². The number of halogens is 3. The summed E-state index contributed by atoms with van der Waals surface area (Å²) < 4.78 is 49.1. The average Bonchev–Trinajstić information content (AvgIpc) is 2.71. The lowest BCUT2D eigenvalue weighted by atomic mass is 9.90. The zero-order valence-corrected chi connectivity index (χ0v) is 16.7. The highest BCUT2D eigenvalue weighted by molar-refractivity contribution is 5.65. The zero-order chi connectivity index (χ0) is 20.1. The predicted molar refractivity (Wildman–Crippen MR) is 107 cm³/mol. The van der Waals surface area contributed by atoms with Gasteiger partial charge in [-0.15, -0.1) is 0 Å². The summed E-state index contributed by atoms with van der Waals surface area (Å²) in [4.78, 5) is 0. The minimum Gasteiger partial charge on any atom is -0.373 e. The Bertz CT molecular complexity index is 795. The summed E-state index contributed by atoms with van der Waals surface area (Å²) in [7, 11) is 0. The number of hydrogen-bond acceptors (Lipinski definition) is 1. The molecule has 1 saturated heterocycles. The van der Waals surface area contributed by atoms with Gasteiger partial charge in [-0.05, 0) is 48.8 Å². The van der Waals surface area contributed by atoms with Gasteiger partial charge in [0.15, 0.2) is 11.6 Å². The van der Waals surface area contributed by atoms with Gasteiger partial charge >= 0.3 is 0 Å². The van der Waals surface area contributed by atoms with Gasteiger partial charge < -0.3 is 4.74 Å². The van der Waals surface area contributed by atoms with E-state index in [0.29, 0.717) is 35.6 Å². The minimum absolute atomic E-state index is 0.0840. The van der Waals surface area contributed by atoms with Crippen LogP contribution >= 0.6 is 0 Å². The third-order valence-electron chi connectivity index (χ3n) is 5.79. The number of aryl methyl sites for hydroxylation is 1. The van der Waals surface area contributed by atoms with Crippen LogP contribution in [-0.2, 0) is 11.2 Å². The molecule has 0 N–H and O–H groups in total. The van der Waals surface area contributed by atoms with Crippen LogP contribution in [0.5, 0.6) is 0 Å². The van der Waals surface area contributed by atoms with Gasteiger partial charge in [-0.3, -0.25) is 0 Å². The maximum absolute atomic E-state index is 14.7. The SMILES string of the molecule is CCCCCC1CCC(c2ccc(-c3ccc(CC)c(F)c3F)cc2F)OC1. The third kappa shape index (κ3) is 4.60. The van der Waals surface area contributed by atoms with E-state index in [4.69, 9.17) is 4.74 Å². The largest absolute Gasteiger partial charge is 0.373 e. The van der Waals surface area contributed by atoms with Crippen molar-refractivity contribution in [2.45, 2.75) is 64.9 Å². The number of benzene rings is 2. The van der Waals surface area contributed by atoms with Crippen LogP contribution in [0.25, 0.3) is 11.1 Å². The van der Waals surface area contributed by atoms with Gasteiger partial charge in [-0.1, -0.05) is 57.4 Å². The van der Waals surface area contributed by atoms with E-state index in [-0.39, 0.29) is 11.7 Å². The molecule has 2 aromatic carbocycles. The molecule has 0 amide bonds. The molecule has 1 aliphatic heterocycles. The maximum atomic E-state index is 14.7. The van der Waals surface area contributed by atoms with Crippen molar-refractivity contribution in [2.75, 3.05) is 6.61 Å². The van der Waals surface area contributed by atoms with Gasteiger partial charge in [-0.2, -0.15) is 0 Å². The average molecular weight is 390 g/mol. The summed E-state index contributed by atoms with van der Waals surface area (Å²) in [6, 6.07) is 7.66. The molecule has 2 unspecified atom stereocenters. The van der Waals surface area contributed by atoms with Gasteiger partial charge in [0, 0.05) is 11.1 Å². The van der Waals surface area contributed by atoms with Crippen LogP contribution in [0.2, 0.25) is 0 Å². The Kier molecular flexibility index (Phi) is 7.17. The van der Waals surface area contributed by atoms with E-state index < -0.39 is 17.5 Å². The van der Waals surface area contributed by atoms with E-state index >= 15 is 0 Å². The van der Waals surface area contributed by atoms with E-state index in [0.717, 1.165) is 12.8 Å². The summed E-state index contributed by atoms with van der Waals surface area (Å²) in [5.74, 6) is -1.64. The lowest BCUT2D eigenvalue weighted by molar-refractivity contribution is -0.0215. The molecule has 1 fully saturated rings. The summed E-state index contributed by atoms with van der Waals surface area (Å²) in [5, 5.41) is 0. The molecule has 1 aliphatic rings. The zero-order valence-electron chi connectivity index (χ0n) is 16.7. The van der Waals surface area contributed by atoms with E-state index in [9.17, 15) is 13.2 Å². The summed E-state index contributed by atoms with van der Waals surface area (Å²) in [6.45, 7) is 4.62. The Hall–Kier alpha value is -1.81. The molecule has 0 bridgehead atoms. The van der Waals surface area contributed by atoms with Gasteiger partial charge in [0.1, 0.15) is 5.82 Å². The fourth-order valence-corrected chi connectivity index (χ4v) is 4.00. The van der Waals surface area contributed by atoms with Crippen LogP contribution in [0.3, 0.4) is 0 Å². The number of rotatable bonds is 7. The molecular formula is C24H29F3O. The molecule has 2 atom stereocenters. The smallest absolute Gasteiger partial charge is 0.166 e. The van der Waals surface area contributed by atoms with Crippen molar-refractivity contribution in [3.63, 3.8) is 0 Å².